The zero-order valence-electron chi connectivity index (χ0n) is 21.5. The van der Waals surface area contributed by atoms with Crippen LogP contribution in [0.3, 0.4) is 0 Å². The summed E-state index contributed by atoms with van der Waals surface area (Å²) in [5.74, 6) is -0.320. The predicted octanol–water partition coefficient (Wildman–Crippen LogP) is 5.69. The van der Waals surface area contributed by atoms with Gasteiger partial charge < -0.3 is 14.2 Å². The molecule has 0 radical (unpaired) electrons. The summed E-state index contributed by atoms with van der Waals surface area (Å²) in [6, 6.07) is 12.9. The number of anilines is 1. The number of carbonyl (C=O) groups excluding carboxylic acids is 2. The lowest BCUT2D eigenvalue weighted by atomic mass is 9.97. The Balaban J connectivity index is 1.29. The van der Waals surface area contributed by atoms with E-state index >= 15 is 0 Å². The number of carbonyl (C=O) groups is 2. The minimum atomic E-state index is -3.32. The average molecular weight is 571 g/mol. The molecule has 0 bridgehead atoms. The van der Waals surface area contributed by atoms with Gasteiger partial charge in [0.05, 0.1) is 35.1 Å². The Morgan fingerprint density at radius 1 is 0.974 bits per heavy atom. The van der Waals surface area contributed by atoms with Crippen molar-refractivity contribution in [2.75, 3.05) is 12.4 Å². The third-order valence-corrected chi connectivity index (χ3v) is 9.87. The molecule has 2 aliphatic rings. The summed E-state index contributed by atoms with van der Waals surface area (Å²) in [5.41, 5.74) is 0.996. The lowest BCUT2D eigenvalue weighted by molar-refractivity contribution is -0.133. The van der Waals surface area contributed by atoms with Gasteiger partial charge in [-0.15, -0.1) is 0 Å². The Kier molecular flexibility index (Phi) is 8.29. The highest BCUT2D eigenvalue weighted by atomic mass is 32.2. The van der Waals surface area contributed by atoms with Crippen molar-refractivity contribution in [2.24, 2.45) is 0 Å². The lowest BCUT2D eigenvalue weighted by Crippen LogP contribution is -2.28. The highest BCUT2D eigenvalue weighted by molar-refractivity contribution is 7.92. The number of nitrogens with one attached hydrogen (secondary N) is 1. The van der Waals surface area contributed by atoms with E-state index in [1.807, 2.05) is 0 Å². The second-order valence-corrected chi connectivity index (χ2v) is 12.9. The van der Waals surface area contributed by atoms with E-state index in [0.29, 0.717) is 39.9 Å². The van der Waals surface area contributed by atoms with E-state index in [1.54, 1.807) is 48.5 Å². The van der Waals surface area contributed by atoms with Crippen molar-refractivity contribution in [2.45, 2.75) is 67.3 Å². The van der Waals surface area contributed by atoms with Gasteiger partial charge in [-0.3, -0.25) is 10.1 Å². The highest BCUT2D eigenvalue weighted by Gasteiger charge is 2.37. The fourth-order valence-corrected chi connectivity index (χ4v) is 6.86. The summed E-state index contributed by atoms with van der Waals surface area (Å²) >= 11 is 1.15. The van der Waals surface area contributed by atoms with Gasteiger partial charge in [0.15, 0.2) is 21.1 Å². The summed E-state index contributed by atoms with van der Waals surface area (Å²) in [7, 11) is -2.00. The standard InChI is InChI=1S/C28H30N2O7S2/c1-35-27(32)19-7-11-21(12-8-19)36-24-17-29-28(38-24)30-26(31)25(37-20-5-3-2-4-6-20)18-9-13-22(14-10-18)39(33,34)23-15-16-23/h7-14,17,20,23,25H,2-6,15-16H2,1H3,(H,29,30,31). The summed E-state index contributed by atoms with van der Waals surface area (Å²) in [6.07, 6.45) is 6.93. The number of hydrogen-bond donors (Lipinski definition) is 1. The van der Waals surface area contributed by atoms with Gasteiger partial charge in [0, 0.05) is 0 Å². The zero-order chi connectivity index (χ0) is 27.4. The van der Waals surface area contributed by atoms with Gasteiger partial charge in [-0.25, -0.2) is 18.2 Å². The molecule has 1 atom stereocenters. The van der Waals surface area contributed by atoms with E-state index < -0.39 is 21.9 Å². The number of hydrogen-bond acceptors (Lipinski definition) is 9. The summed E-state index contributed by atoms with van der Waals surface area (Å²) in [4.78, 5) is 29.6. The van der Waals surface area contributed by atoms with Crippen LogP contribution in [-0.4, -0.2) is 43.7 Å². The molecule has 1 amide bonds. The number of methoxy groups -OCH3 is 1. The van der Waals surface area contributed by atoms with Crippen LogP contribution in [0.1, 0.15) is 67.0 Å². The summed E-state index contributed by atoms with van der Waals surface area (Å²) < 4.78 is 42.0. The molecule has 39 heavy (non-hydrogen) atoms. The van der Waals surface area contributed by atoms with E-state index in [-0.39, 0.29) is 22.2 Å². The number of aromatic nitrogens is 1. The molecule has 206 valence electrons. The van der Waals surface area contributed by atoms with Crippen molar-refractivity contribution in [3.63, 3.8) is 0 Å². The van der Waals surface area contributed by atoms with Crippen LogP contribution in [0.4, 0.5) is 5.13 Å². The lowest BCUT2D eigenvalue weighted by Gasteiger charge is -2.27. The van der Waals surface area contributed by atoms with Crippen LogP contribution in [0.2, 0.25) is 0 Å². The predicted molar refractivity (Wildman–Crippen MR) is 146 cm³/mol. The third kappa shape index (κ3) is 6.66. The Hall–Kier alpha value is -3.28. The second kappa shape index (κ2) is 11.8. The molecule has 1 unspecified atom stereocenters. The zero-order valence-corrected chi connectivity index (χ0v) is 23.1. The van der Waals surface area contributed by atoms with Crippen molar-refractivity contribution >= 4 is 38.2 Å². The topological polar surface area (TPSA) is 121 Å². The average Bonchev–Trinajstić information content (AvgIpc) is 3.74. The number of amides is 1. The van der Waals surface area contributed by atoms with Crippen molar-refractivity contribution in [1.29, 1.82) is 0 Å². The molecular formula is C28H30N2O7S2. The molecule has 5 rings (SSSR count). The van der Waals surface area contributed by atoms with Gasteiger partial charge in [0.1, 0.15) is 5.75 Å². The monoisotopic (exact) mass is 570 g/mol. The second-order valence-electron chi connectivity index (χ2n) is 9.68. The molecule has 0 spiro atoms. The molecule has 2 aliphatic carbocycles. The summed E-state index contributed by atoms with van der Waals surface area (Å²) in [6.45, 7) is 0. The Morgan fingerprint density at radius 3 is 2.31 bits per heavy atom. The first kappa shape index (κ1) is 27.3. The normalized spacial score (nSPS) is 16.8. The van der Waals surface area contributed by atoms with Gasteiger partial charge in [-0.05, 0) is 67.6 Å². The molecule has 0 aliphatic heterocycles. The van der Waals surface area contributed by atoms with E-state index in [1.165, 1.54) is 13.3 Å². The van der Waals surface area contributed by atoms with Gasteiger partial charge in [-0.2, -0.15) is 0 Å². The van der Waals surface area contributed by atoms with Crippen molar-refractivity contribution in [3.05, 3.63) is 65.9 Å². The van der Waals surface area contributed by atoms with Crippen molar-refractivity contribution in [3.8, 4) is 10.8 Å². The molecule has 0 saturated heterocycles. The number of nitrogens with zero attached hydrogens (tertiary/aromatic N) is 1. The van der Waals surface area contributed by atoms with Crippen molar-refractivity contribution in [1.82, 2.24) is 4.98 Å². The molecule has 3 aromatic rings. The first-order valence-electron chi connectivity index (χ1n) is 13.0. The van der Waals surface area contributed by atoms with E-state index in [9.17, 15) is 18.0 Å². The first-order chi connectivity index (χ1) is 18.8. The maximum atomic E-state index is 13.4. The largest absolute Gasteiger partial charge is 0.465 e. The highest BCUT2D eigenvalue weighted by Crippen LogP contribution is 2.35. The van der Waals surface area contributed by atoms with Crippen LogP contribution in [-0.2, 0) is 24.1 Å². The Bertz CT molecular complexity index is 1410. The van der Waals surface area contributed by atoms with Gasteiger partial charge >= 0.3 is 5.97 Å². The first-order valence-corrected chi connectivity index (χ1v) is 15.3. The minimum Gasteiger partial charge on any atom is -0.465 e. The van der Waals surface area contributed by atoms with Crippen molar-refractivity contribution < 1.29 is 32.2 Å². The minimum absolute atomic E-state index is 0.0486. The molecule has 2 aromatic carbocycles. The van der Waals surface area contributed by atoms with Crippen LogP contribution >= 0.6 is 11.3 Å². The molecule has 1 N–H and O–H groups in total. The number of ether oxygens (including phenoxy) is 3. The van der Waals surface area contributed by atoms with Crippen LogP contribution in [0.25, 0.3) is 0 Å². The fourth-order valence-electron chi connectivity index (χ4n) is 4.52. The quantitative estimate of drug-likeness (QED) is 0.309. The maximum absolute atomic E-state index is 13.4. The van der Waals surface area contributed by atoms with E-state index in [2.05, 4.69) is 10.3 Å². The van der Waals surface area contributed by atoms with Gasteiger partial charge in [0.25, 0.3) is 5.91 Å². The molecule has 2 fully saturated rings. The van der Waals surface area contributed by atoms with Crippen LogP contribution in [0.15, 0.2) is 59.6 Å². The van der Waals surface area contributed by atoms with Crippen LogP contribution in [0.5, 0.6) is 10.8 Å². The van der Waals surface area contributed by atoms with E-state index in [4.69, 9.17) is 14.2 Å². The SMILES string of the molecule is COC(=O)c1ccc(Oc2cnc(NC(=O)C(OC3CCCCC3)c3ccc(S(=O)(=O)C4CC4)cc3)s2)cc1. The molecule has 2 saturated carbocycles. The number of rotatable bonds is 10. The smallest absolute Gasteiger partial charge is 0.337 e. The van der Waals surface area contributed by atoms with E-state index in [0.717, 1.165) is 43.4 Å². The number of sulfone groups is 1. The molecule has 9 nitrogen and oxygen atoms in total. The third-order valence-electron chi connectivity index (χ3n) is 6.80. The Labute approximate surface area is 231 Å². The van der Waals surface area contributed by atoms with Gasteiger partial charge in [-0.1, -0.05) is 42.7 Å². The molecule has 1 aromatic heterocycles. The number of benzene rings is 2. The summed E-state index contributed by atoms with van der Waals surface area (Å²) in [5, 5.41) is 3.32. The maximum Gasteiger partial charge on any atom is 0.337 e. The van der Waals surface area contributed by atoms with Crippen LogP contribution < -0.4 is 10.1 Å². The number of thiazole rings is 1. The molecule has 1 heterocycles. The Morgan fingerprint density at radius 2 is 1.67 bits per heavy atom. The van der Waals surface area contributed by atoms with Crippen LogP contribution in [0, 0.1) is 0 Å². The van der Waals surface area contributed by atoms with Gasteiger partial charge in [0.2, 0.25) is 5.06 Å². The molecular weight excluding hydrogens is 540 g/mol. The molecule has 11 heteroatoms. The fraction of sp³-hybridized carbons (Fsp3) is 0.393. The number of esters is 1.